The van der Waals surface area contributed by atoms with Gasteiger partial charge < -0.3 is 63.5 Å². The van der Waals surface area contributed by atoms with Gasteiger partial charge in [0.25, 0.3) is 0 Å². The van der Waals surface area contributed by atoms with Crippen LogP contribution in [0, 0.1) is 23.7 Å². The van der Waals surface area contributed by atoms with Crippen molar-refractivity contribution in [2.24, 2.45) is 23.7 Å². The van der Waals surface area contributed by atoms with E-state index in [0.717, 1.165) is 0 Å². The predicted octanol–water partition coefficient (Wildman–Crippen LogP) is 2.24. The fourth-order valence-corrected chi connectivity index (χ4v) is 10.0. The lowest BCUT2D eigenvalue weighted by molar-refractivity contribution is -0.341. The number of methoxy groups -OCH3 is 2. The summed E-state index contributed by atoms with van der Waals surface area (Å²) in [7, 11) is 0.734. The Labute approximate surface area is 440 Å². The summed E-state index contributed by atoms with van der Waals surface area (Å²) in [5.74, 6) is -4.44. The van der Waals surface area contributed by atoms with E-state index in [1.165, 1.54) is 36.0 Å². The lowest BCUT2D eigenvalue weighted by Gasteiger charge is -2.41. The smallest absolute Gasteiger partial charge is 0.322 e. The van der Waals surface area contributed by atoms with Crippen molar-refractivity contribution in [2.75, 3.05) is 67.7 Å². The SMILES string of the molecule is CC[C@H](C)[C@@H]([C@@H](CC(=O)N1CCC[C@H]1[C@H](OC)[C@@H](C)C(=O)N[C@H](C)[C@@H](O)c1ccccc1)OC)N(C)C(=O)[C@@H](NC(=O)[C@H](C(C)C)N(C)C(=O)CN(CCOC(=O)[C@H](C)NC(C)(C)C)CCOP(=O)([O-])[O-])C(C)C. The molecule has 74 heavy (non-hydrogen) atoms. The van der Waals surface area contributed by atoms with E-state index in [0.29, 0.717) is 31.4 Å². The molecule has 1 saturated heterocycles. The molecule has 0 unspecified atom stereocenters. The van der Waals surface area contributed by atoms with Crippen LogP contribution in [0.2, 0.25) is 0 Å². The molecule has 424 valence electrons. The number of hydrogen-bond acceptors (Lipinski definition) is 16. The maximum atomic E-state index is 14.7. The number of likely N-dealkylation sites (N-methyl/N-ethyl adjacent to an activating group) is 2. The molecule has 11 atom stereocenters. The molecule has 0 aliphatic carbocycles. The van der Waals surface area contributed by atoms with Gasteiger partial charge in [-0.1, -0.05) is 85.2 Å². The summed E-state index contributed by atoms with van der Waals surface area (Å²) in [6.45, 7) is 20.9. The number of esters is 1. The van der Waals surface area contributed by atoms with Crippen molar-refractivity contribution in [3.05, 3.63) is 35.9 Å². The minimum Gasteiger partial charge on any atom is -0.790 e. The molecule has 0 radical (unpaired) electrons. The van der Waals surface area contributed by atoms with Crippen LogP contribution >= 0.6 is 7.82 Å². The Kier molecular flexibility index (Phi) is 27.3. The van der Waals surface area contributed by atoms with Crippen LogP contribution in [0.1, 0.15) is 120 Å². The molecular formula is C52H90N7O14P-2. The normalized spacial score (nSPS) is 18.4. The number of rotatable bonds is 31. The van der Waals surface area contributed by atoms with Crippen molar-refractivity contribution < 1.29 is 67.0 Å². The molecule has 0 aromatic heterocycles. The molecule has 2 rings (SSSR count). The third kappa shape index (κ3) is 20.5. The van der Waals surface area contributed by atoms with Crippen molar-refractivity contribution in [2.45, 2.75) is 169 Å². The van der Waals surface area contributed by atoms with Crippen molar-refractivity contribution in [1.82, 2.24) is 35.6 Å². The number of phosphoric ester groups is 1. The molecule has 0 spiro atoms. The standard InChI is InChI=1S/C52H92N7O14P/c1-17-34(6)45(40(70-15)30-41(60)59-25-21-24-39(59)47(71-16)35(7)48(63)53-36(8)46(62)38-22-19-18-20-23-38)57(14)50(65)43(32(2)3)54-49(64)44(33(4)5)56(13)42(61)31-58(27-29-73-74(67,68)69)26-28-72-51(66)37(9)55-52(10,11)12/h18-20,22-23,32-37,39-40,43-47,55,62H,17,21,24-31H2,1-16H3,(H,53,63)(H,54,64)(H2,67,68,69)/p-2/t34-,35+,36+,37-,39-,40+,43-,44-,45-,46+,47+/m0/s1. The van der Waals surface area contributed by atoms with Crippen LogP contribution in [-0.4, -0.2) is 182 Å². The van der Waals surface area contributed by atoms with E-state index in [9.17, 15) is 48.2 Å². The molecule has 4 N–H and O–H groups in total. The maximum Gasteiger partial charge on any atom is 0.322 e. The number of phosphoric acid groups is 1. The number of amides is 5. The van der Waals surface area contributed by atoms with Crippen LogP contribution in [0.3, 0.4) is 0 Å². The lowest BCUT2D eigenvalue weighted by Crippen LogP contribution is -2.60. The maximum absolute atomic E-state index is 14.7. The number of ether oxygens (including phenoxy) is 3. The van der Waals surface area contributed by atoms with E-state index in [2.05, 4.69) is 20.5 Å². The average molecular weight is 1070 g/mol. The lowest BCUT2D eigenvalue weighted by atomic mass is 9.89. The van der Waals surface area contributed by atoms with Crippen LogP contribution in [0.5, 0.6) is 0 Å². The third-order valence-electron chi connectivity index (χ3n) is 13.9. The summed E-state index contributed by atoms with van der Waals surface area (Å²) in [4.78, 5) is 112. The van der Waals surface area contributed by atoms with Gasteiger partial charge in [0.15, 0.2) is 0 Å². The highest BCUT2D eigenvalue weighted by Gasteiger charge is 2.44. The fraction of sp³-hybridized carbons (Fsp3) is 0.769. The molecule has 1 aromatic carbocycles. The fourth-order valence-electron chi connectivity index (χ4n) is 9.70. The first-order chi connectivity index (χ1) is 34.4. The summed E-state index contributed by atoms with van der Waals surface area (Å²) in [6, 6.07) is 4.59. The zero-order chi connectivity index (χ0) is 56.4. The molecule has 1 aromatic rings. The Morgan fingerprint density at radius 3 is 2.00 bits per heavy atom. The van der Waals surface area contributed by atoms with E-state index in [-0.39, 0.29) is 55.9 Å². The number of nitrogens with one attached hydrogen (secondary N) is 3. The predicted molar refractivity (Wildman–Crippen MR) is 277 cm³/mol. The second-order valence-electron chi connectivity index (χ2n) is 21.5. The highest BCUT2D eigenvalue weighted by molar-refractivity contribution is 7.43. The second kappa shape index (κ2) is 30.6. The zero-order valence-corrected chi connectivity index (χ0v) is 47.8. The van der Waals surface area contributed by atoms with Crippen LogP contribution in [-0.2, 0) is 52.1 Å². The van der Waals surface area contributed by atoms with Gasteiger partial charge in [-0.25, -0.2) is 0 Å². The number of nitrogens with zero attached hydrogens (tertiary/aromatic N) is 4. The van der Waals surface area contributed by atoms with Gasteiger partial charge in [-0.3, -0.25) is 39.0 Å². The number of likely N-dealkylation sites (tertiary alicyclic amines) is 1. The van der Waals surface area contributed by atoms with Gasteiger partial charge in [0.05, 0.1) is 69.8 Å². The Morgan fingerprint density at radius 2 is 1.47 bits per heavy atom. The molecule has 5 amide bonds. The van der Waals surface area contributed by atoms with E-state index < -0.39 is 110 Å². The Bertz CT molecular complexity index is 1990. The summed E-state index contributed by atoms with van der Waals surface area (Å²) in [6.07, 6.45) is -0.573. The van der Waals surface area contributed by atoms with Gasteiger partial charge in [0.2, 0.25) is 29.5 Å². The van der Waals surface area contributed by atoms with E-state index in [1.807, 2.05) is 52.8 Å². The van der Waals surface area contributed by atoms with Gasteiger partial charge in [-0.05, 0) is 70.8 Å². The Morgan fingerprint density at radius 1 is 0.865 bits per heavy atom. The molecule has 0 bridgehead atoms. The molecule has 1 aliphatic heterocycles. The summed E-state index contributed by atoms with van der Waals surface area (Å²) in [5.41, 5.74) is 0.294. The topological polar surface area (TPSA) is 272 Å². The monoisotopic (exact) mass is 1070 g/mol. The van der Waals surface area contributed by atoms with Crippen molar-refractivity contribution >= 4 is 43.3 Å². The van der Waals surface area contributed by atoms with Gasteiger partial charge in [-0.15, -0.1) is 0 Å². The molecular weight excluding hydrogens is 978 g/mol. The number of benzene rings is 1. The Hall–Kier alpha value is -4.05. The van der Waals surface area contributed by atoms with Gasteiger partial charge in [-0.2, -0.15) is 0 Å². The van der Waals surface area contributed by atoms with E-state index >= 15 is 0 Å². The highest BCUT2D eigenvalue weighted by Crippen LogP contribution is 2.30. The number of hydrogen-bond donors (Lipinski definition) is 4. The van der Waals surface area contributed by atoms with Crippen LogP contribution < -0.4 is 25.7 Å². The number of aliphatic hydroxyl groups is 1. The minimum atomic E-state index is -5.33. The quantitative estimate of drug-likeness (QED) is 0.0613. The van der Waals surface area contributed by atoms with Crippen molar-refractivity contribution in [3.63, 3.8) is 0 Å². The summed E-state index contributed by atoms with van der Waals surface area (Å²) < 4.78 is 33.1. The second-order valence-corrected chi connectivity index (χ2v) is 22.7. The first-order valence-electron chi connectivity index (χ1n) is 25.9. The first-order valence-corrected chi connectivity index (χ1v) is 27.4. The van der Waals surface area contributed by atoms with E-state index in [4.69, 9.17) is 14.2 Å². The van der Waals surface area contributed by atoms with Crippen LogP contribution in [0.25, 0.3) is 0 Å². The molecule has 1 heterocycles. The van der Waals surface area contributed by atoms with E-state index in [1.54, 1.807) is 72.5 Å². The molecule has 1 aliphatic rings. The molecule has 1 fully saturated rings. The van der Waals surface area contributed by atoms with Gasteiger partial charge in [0.1, 0.15) is 24.7 Å². The largest absolute Gasteiger partial charge is 0.790 e. The zero-order valence-electron chi connectivity index (χ0n) is 47.0. The first kappa shape index (κ1) is 66.1. The van der Waals surface area contributed by atoms with Crippen LogP contribution in [0.4, 0.5) is 0 Å². The highest BCUT2D eigenvalue weighted by atomic mass is 31.2. The van der Waals surface area contributed by atoms with Crippen LogP contribution in [0.15, 0.2) is 30.3 Å². The molecule has 0 saturated carbocycles. The minimum absolute atomic E-state index is 0.0366. The molecule has 22 heteroatoms. The average Bonchev–Trinajstić information content (AvgIpc) is 3.81. The molecule has 21 nitrogen and oxygen atoms in total. The third-order valence-corrected chi connectivity index (χ3v) is 14.4. The number of aliphatic hydroxyl groups excluding tert-OH is 1. The van der Waals surface area contributed by atoms with Crippen molar-refractivity contribution in [3.8, 4) is 0 Å². The summed E-state index contributed by atoms with van der Waals surface area (Å²) in [5, 5.41) is 19.9. The number of carbonyl (C=O) groups excluding carboxylic acids is 6. The van der Waals surface area contributed by atoms with Gasteiger partial charge >= 0.3 is 5.97 Å². The summed E-state index contributed by atoms with van der Waals surface area (Å²) >= 11 is 0. The van der Waals surface area contributed by atoms with Gasteiger partial charge in [0, 0.05) is 53.5 Å². The van der Waals surface area contributed by atoms with Crippen molar-refractivity contribution in [1.29, 1.82) is 0 Å². The Balaban J connectivity index is 2.29. The number of carbonyl (C=O) groups is 6.